The predicted molar refractivity (Wildman–Crippen MR) is 68.8 cm³/mol. The van der Waals surface area contributed by atoms with E-state index in [1.807, 2.05) is 12.1 Å². The molecule has 0 saturated heterocycles. The lowest BCUT2D eigenvalue weighted by molar-refractivity contribution is -0.139. The molecule has 1 atom stereocenters. The molecule has 2 N–H and O–H groups in total. The Bertz CT molecular complexity index is 396. The number of hydrogen-bond acceptors (Lipinski definition) is 3. The Kier molecular flexibility index (Phi) is 4.20. The Hall–Kier alpha value is -1.55. The maximum atomic E-state index is 11.0. The highest BCUT2D eigenvalue weighted by Crippen LogP contribution is 2.25. The van der Waals surface area contributed by atoms with E-state index < -0.39 is 12.0 Å². The number of aliphatic carboxylic acids is 1. The molecule has 18 heavy (non-hydrogen) atoms. The van der Waals surface area contributed by atoms with Crippen molar-refractivity contribution >= 4 is 5.97 Å². The van der Waals surface area contributed by atoms with Crippen LogP contribution in [0.5, 0.6) is 5.75 Å². The summed E-state index contributed by atoms with van der Waals surface area (Å²) in [6, 6.07) is 6.65. The first-order valence-corrected chi connectivity index (χ1v) is 6.37. The average molecular weight is 249 g/mol. The number of likely N-dealkylation sites (N-methyl/N-ethyl adjacent to an activating group) is 1. The van der Waals surface area contributed by atoms with Crippen LogP contribution in [0, 0.1) is 0 Å². The zero-order valence-electron chi connectivity index (χ0n) is 10.6. The van der Waals surface area contributed by atoms with Crippen molar-refractivity contribution in [2.24, 2.45) is 0 Å². The van der Waals surface area contributed by atoms with Gasteiger partial charge in [0.25, 0.3) is 0 Å². The van der Waals surface area contributed by atoms with Gasteiger partial charge >= 0.3 is 5.97 Å². The molecule has 4 heteroatoms. The van der Waals surface area contributed by atoms with Gasteiger partial charge < -0.3 is 15.2 Å². The highest BCUT2D eigenvalue weighted by Gasteiger charge is 2.18. The smallest absolute Gasteiger partial charge is 0.325 e. The van der Waals surface area contributed by atoms with Gasteiger partial charge in [0, 0.05) is 0 Å². The maximum Gasteiger partial charge on any atom is 0.325 e. The number of hydrogen-bond donors (Lipinski definition) is 2. The van der Waals surface area contributed by atoms with E-state index in [2.05, 4.69) is 5.32 Å². The molecule has 0 radical (unpaired) electrons. The van der Waals surface area contributed by atoms with Crippen LogP contribution < -0.4 is 10.1 Å². The highest BCUT2D eigenvalue weighted by molar-refractivity contribution is 5.75. The molecule has 0 heterocycles. The zero-order chi connectivity index (χ0) is 13.0. The van der Waals surface area contributed by atoms with E-state index in [1.54, 1.807) is 19.2 Å². The molecule has 1 aliphatic carbocycles. The molecule has 1 aromatic carbocycles. The number of carbonyl (C=O) groups is 1. The number of rotatable bonds is 5. The predicted octanol–water partition coefficient (Wildman–Crippen LogP) is 2.35. The molecule has 1 aromatic rings. The first-order valence-electron chi connectivity index (χ1n) is 6.37. The molecule has 0 aromatic heterocycles. The minimum absolute atomic E-state index is 0.329. The van der Waals surface area contributed by atoms with Crippen molar-refractivity contribution in [2.45, 2.75) is 37.8 Å². The topological polar surface area (TPSA) is 58.6 Å². The van der Waals surface area contributed by atoms with Gasteiger partial charge in [0.2, 0.25) is 0 Å². The summed E-state index contributed by atoms with van der Waals surface area (Å²) in [5.74, 6) is -0.0483. The van der Waals surface area contributed by atoms with Crippen LogP contribution in [0.1, 0.15) is 37.3 Å². The van der Waals surface area contributed by atoms with E-state index in [-0.39, 0.29) is 0 Å². The number of benzene rings is 1. The number of ether oxygens (including phenoxy) is 1. The second-order valence-corrected chi connectivity index (χ2v) is 4.65. The number of carboxylic acids is 1. The lowest BCUT2D eigenvalue weighted by Gasteiger charge is -2.15. The van der Waals surface area contributed by atoms with E-state index in [0.717, 1.165) is 24.2 Å². The Morgan fingerprint density at radius 3 is 2.44 bits per heavy atom. The van der Waals surface area contributed by atoms with Crippen molar-refractivity contribution in [1.29, 1.82) is 0 Å². The maximum absolute atomic E-state index is 11.0. The molecule has 0 aliphatic heterocycles. The number of nitrogens with one attached hydrogen (secondary N) is 1. The molecule has 2 rings (SSSR count). The monoisotopic (exact) mass is 249 g/mol. The van der Waals surface area contributed by atoms with Crippen LogP contribution in [0.4, 0.5) is 0 Å². The summed E-state index contributed by atoms with van der Waals surface area (Å²) in [5, 5.41) is 11.8. The fourth-order valence-electron chi connectivity index (χ4n) is 2.37. The van der Waals surface area contributed by atoms with Crippen LogP contribution in [0.2, 0.25) is 0 Å². The highest BCUT2D eigenvalue weighted by atomic mass is 16.5. The molecule has 1 saturated carbocycles. The second kappa shape index (κ2) is 5.87. The third kappa shape index (κ3) is 3.01. The largest absolute Gasteiger partial charge is 0.490 e. The van der Waals surface area contributed by atoms with Crippen molar-refractivity contribution in [2.75, 3.05) is 7.05 Å². The van der Waals surface area contributed by atoms with Gasteiger partial charge in [-0.05, 0) is 50.4 Å². The van der Waals surface area contributed by atoms with Crippen molar-refractivity contribution in [3.8, 4) is 5.75 Å². The van der Waals surface area contributed by atoms with Crippen LogP contribution in [-0.4, -0.2) is 24.2 Å². The Labute approximate surface area is 107 Å². The van der Waals surface area contributed by atoms with Gasteiger partial charge in [-0.3, -0.25) is 4.79 Å². The van der Waals surface area contributed by atoms with Gasteiger partial charge in [0.15, 0.2) is 0 Å². The summed E-state index contributed by atoms with van der Waals surface area (Å²) < 4.78 is 5.84. The van der Waals surface area contributed by atoms with Crippen LogP contribution >= 0.6 is 0 Å². The SMILES string of the molecule is CNC(C(=O)O)c1ccc(OC2CCCC2)cc1. The summed E-state index contributed by atoms with van der Waals surface area (Å²) in [7, 11) is 1.64. The van der Waals surface area contributed by atoms with E-state index in [4.69, 9.17) is 9.84 Å². The molecular weight excluding hydrogens is 230 g/mol. The van der Waals surface area contributed by atoms with Gasteiger partial charge in [-0.2, -0.15) is 0 Å². The van der Waals surface area contributed by atoms with Gasteiger partial charge in [-0.15, -0.1) is 0 Å². The van der Waals surface area contributed by atoms with Crippen LogP contribution in [-0.2, 0) is 4.79 Å². The summed E-state index contributed by atoms with van der Waals surface area (Å²) in [4.78, 5) is 11.0. The Morgan fingerprint density at radius 1 is 1.33 bits per heavy atom. The summed E-state index contributed by atoms with van der Waals surface area (Å²) in [6.45, 7) is 0. The standard InChI is InChI=1S/C14H19NO3/c1-15-13(14(16)17)10-6-8-12(9-7-10)18-11-4-2-3-5-11/h6-9,11,13,15H,2-5H2,1H3,(H,16,17). The molecule has 1 unspecified atom stereocenters. The van der Waals surface area contributed by atoms with Crippen molar-refractivity contribution in [3.05, 3.63) is 29.8 Å². The fraction of sp³-hybridized carbons (Fsp3) is 0.500. The zero-order valence-corrected chi connectivity index (χ0v) is 10.6. The van der Waals surface area contributed by atoms with E-state index >= 15 is 0 Å². The van der Waals surface area contributed by atoms with Crippen LogP contribution in [0.3, 0.4) is 0 Å². The van der Waals surface area contributed by atoms with Gasteiger partial charge in [0.05, 0.1) is 6.10 Å². The normalized spacial score (nSPS) is 17.6. The van der Waals surface area contributed by atoms with Crippen molar-refractivity contribution in [3.63, 3.8) is 0 Å². The first kappa shape index (κ1) is 12.9. The van der Waals surface area contributed by atoms with Crippen LogP contribution in [0.15, 0.2) is 24.3 Å². The Balaban J connectivity index is 2.02. The van der Waals surface area contributed by atoms with Gasteiger partial charge in [-0.1, -0.05) is 12.1 Å². The summed E-state index contributed by atoms with van der Waals surface area (Å²) in [6.07, 6.45) is 5.05. The molecule has 0 amide bonds. The quantitative estimate of drug-likeness (QED) is 0.841. The molecule has 1 aliphatic rings. The molecule has 98 valence electrons. The summed E-state index contributed by atoms with van der Waals surface area (Å²) >= 11 is 0. The molecule has 1 fully saturated rings. The minimum atomic E-state index is -0.873. The van der Waals surface area contributed by atoms with Crippen molar-refractivity contribution in [1.82, 2.24) is 5.32 Å². The van der Waals surface area contributed by atoms with Crippen molar-refractivity contribution < 1.29 is 14.6 Å². The first-order chi connectivity index (χ1) is 8.70. The van der Waals surface area contributed by atoms with E-state index in [0.29, 0.717) is 6.10 Å². The molecule has 4 nitrogen and oxygen atoms in total. The minimum Gasteiger partial charge on any atom is -0.490 e. The van der Waals surface area contributed by atoms with E-state index in [1.165, 1.54) is 12.8 Å². The van der Waals surface area contributed by atoms with Gasteiger partial charge in [0.1, 0.15) is 11.8 Å². The third-order valence-electron chi connectivity index (χ3n) is 3.35. The van der Waals surface area contributed by atoms with Gasteiger partial charge in [-0.25, -0.2) is 0 Å². The van der Waals surface area contributed by atoms with Crippen LogP contribution in [0.25, 0.3) is 0 Å². The molecule has 0 spiro atoms. The fourth-order valence-corrected chi connectivity index (χ4v) is 2.37. The van der Waals surface area contributed by atoms with E-state index in [9.17, 15) is 4.79 Å². The third-order valence-corrected chi connectivity index (χ3v) is 3.35. The average Bonchev–Trinajstić information content (AvgIpc) is 2.84. The molecular formula is C14H19NO3. The Morgan fingerprint density at radius 2 is 1.94 bits per heavy atom. The molecule has 0 bridgehead atoms. The number of carboxylic acid groups (broad SMARTS) is 1. The lowest BCUT2D eigenvalue weighted by atomic mass is 10.1. The summed E-state index contributed by atoms with van der Waals surface area (Å²) in [5.41, 5.74) is 0.740. The second-order valence-electron chi connectivity index (χ2n) is 4.65. The lowest BCUT2D eigenvalue weighted by Crippen LogP contribution is -2.24.